The first-order valence-electron chi connectivity index (χ1n) is 6.40. The molecule has 2 aromatic carbocycles. The van der Waals surface area contributed by atoms with Crippen LogP contribution >= 0.6 is 0 Å². The Hall–Kier alpha value is -2.64. The van der Waals surface area contributed by atoms with Gasteiger partial charge in [-0.15, -0.1) is 0 Å². The number of rotatable bonds is 3. The van der Waals surface area contributed by atoms with E-state index in [4.69, 9.17) is 15.4 Å². The minimum Gasteiger partial charge on any atom is -0.367 e. The van der Waals surface area contributed by atoms with Gasteiger partial charge in [-0.05, 0) is 17.7 Å². The Kier molecular flexibility index (Phi) is 3.44. The lowest BCUT2D eigenvalue weighted by Gasteiger charge is -2.04. The molecule has 0 spiro atoms. The Labute approximate surface area is 127 Å². The molecule has 112 valence electrons. The van der Waals surface area contributed by atoms with Gasteiger partial charge < -0.3 is 10.3 Å². The normalized spacial score (nSPS) is 11.5. The second-order valence-corrected chi connectivity index (χ2v) is 6.27. The number of nitrogens with two attached hydrogens (primary N) is 2. The molecule has 0 aliphatic rings. The number of primary sulfonamides is 1. The largest absolute Gasteiger partial charge is 0.367 e. The van der Waals surface area contributed by atoms with Crippen molar-refractivity contribution in [2.24, 2.45) is 5.14 Å². The number of nitrogen functional groups attached to an aromatic ring is 1. The van der Waals surface area contributed by atoms with Crippen LogP contribution < -0.4 is 10.9 Å². The van der Waals surface area contributed by atoms with Crippen molar-refractivity contribution < 1.29 is 12.9 Å². The van der Waals surface area contributed by atoms with Gasteiger partial charge in [0.25, 0.3) is 0 Å². The minimum absolute atomic E-state index is 0.0348. The van der Waals surface area contributed by atoms with E-state index < -0.39 is 10.0 Å². The number of hydrogen-bond donors (Lipinski definition) is 2. The molecule has 7 heteroatoms. The first-order valence-corrected chi connectivity index (χ1v) is 7.95. The van der Waals surface area contributed by atoms with Crippen LogP contribution in [0.25, 0.3) is 22.4 Å². The lowest BCUT2D eigenvalue weighted by molar-refractivity contribution is 0.439. The smallest absolute Gasteiger partial charge is 0.238 e. The molecule has 0 bridgehead atoms. The van der Waals surface area contributed by atoms with Gasteiger partial charge in [0.05, 0.1) is 10.5 Å². The molecule has 0 aliphatic carbocycles. The van der Waals surface area contributed by atoms with Crippen molar-refractivity contribution in [1.29, 1.82) is 0 Å². The quantitative estimate of drug-likeness (QED) is 0.769. The second-order valence-electron chi connectivity index (χ2n) is 4.71. The van der Waals surface area contributed by atoms with Crippen LogP contribution in [0.1, 0.15) is 0 Å². The van der Waals surface area contributed by atoms with E-state index in [2.05, 4.69) is 5.16 Å². The molecule has 0 fully saturated rings. The average molecular weight is 315 g/mol. The van der Waals surface area contributed by atoms with E-state index in [1.165, 1.54) is 12.1 Å². The molecule has 0 atom stereocenters. The van der Waals surface area contributed by atoms with Crippen LogP contribution in [0.4, 0.5) is 5.88 Å². The number of aromatic nitrogens is 1. The first-order chi connectivity index (χ1) is 10.5. The van der Waals surface area contributed by atoms with E-state index in [9.17, 15) is 8.42 Å². The third-order valence-electron chi connectivity index (χ3n) is 3.24. The van der Waals surface area contributed by atoms with Gasteiger partial charge in [0, 0.05) is 5.56 Å². The van der Waals surface area contributed by atoms with E-state index in [0.717, 1.165) is 5.56 Å². The molecule has 0 unspecified atom stereocenters. The molecule has 6 nitrogen and oxygen atoms in total. The van der Waals surface area contributed by atoms with Crippen LogP contribution in [0.5, 0.6) is 0 Å². The number of hydrogen-bond acceptors (Lipinski definition) is 5. The average Bonchev–Trinajstić information content (AvgIpc) is 2.89. The van der Waals surface area contributed by atoms with Crippen LogP contribution in [0, 0.1) is 0 Å². The Balaban J connectivity index is 2.12. The van der Waals surface area contributed by atoms with Crippen molar-refractivity contribution in [3.63, 3.8) is 0 Å². The van der Waals surface area contributed by atoms with Gasteiger partial charge in [0.2, 0.25) is 15.9 Å². The van der Waals surface area contributed by atoms with Gasteiger partial charge in [-0.25, -0.2) is 13.6 Å². The molecule has 0 amide bonds. The maximum absolute atomic E-state index is 11.3. The SMILES string of the molecule is Nc1onc(-c2ccccc2)c1-c1ccc(S(N)(=O)=O)cc1. The predicted molar refractivity (Wildman–Crippen MR) is 83.2 cm³/mol. The van der Waals surface area contributed by atoms with Gasteiger partial charge in [0.15, 0.2) is 0 Å². The summed E-state index contributed by atoms with van der Waals surface area (Å²) in [7, 11) is -3.73. The maximum atomic E-state index is 11.3. The fourth-order valence-corrected chi connectivity index (χ4v) is 2.70. The monoisotopic (exact) mass is 315 g/mol. The summed E-state index contributed by atoms with van der Waals surface area (Å²) in [6.07, 6.45) is 0. The molecule has 3 aromatic rings. The van der Waals surface area contributed by atoms with Gasteiger partial charge in [0.1, 0.15) is 5.69 Å². The minimum atomic E-state index is -3.73. The first kappa shape index (κ1) is 14.3. The Morgan fingerprint density at radius 2 is 1.55 bits per heavy atom. The van der Waals surface area contributed by atoms with E-state index >= 15 is 0 Å². The molecule has 4 N–H and O–H groups in total. The Morgan fingerprint density at radius 1 is 0.909 bits per heavy atom. The van der Waals surface area contributed by atoms with Crippen LogP contribution in [0.3, 0.4) is 0 Å². The molecule has 0 radical (unpaired) electrons. The highest BCUT2D eigenvalue weighted by atomic mass is 32.2. The van der Waals surface area contributed by atoms with Crippen molar-refractivity contribution in [2.75, 3.05) is 5.73 Å². The zero-order chi connectivity index (χ0) is 15.7. The highest BCUT2D eigenvalue weighted by Crippen LogP contribution is 2.36. The van der Waals surface area contributed by atoms with Crippen molar-refractivity contribution in [2.45, 2.75) is 4.90 Å². The van der Waals surface area contributed by atoms with Crippen molar-refractivity contribution >= 4 is 15.9 Å². The fourth-order valence-electron chi connectivity index (χ4n) is 2.19. The summed E-state index contributed by atoms with van der Waals surface area (Å²) in [5.74, 6) is 0.169. The van der Waals surface area contributed by atoms with E-state index in [1.54, 1.807) is 12.1 Å². The molecular formula is C15H13N3O3S. The molecule has 3 rings (SSSR count). The molecule has 0 saturated carbocycles. The number of sulfonamides is 1. The standard InChI is InChI=1S/C15H13N3O3S/c16-15-13(10-6-8-12(9-7-10)22(17,19)20)14(18-21-15)11-4-2-1-3-5-11/h1-9H,16H2,(H2,17,19,20). The summed E-state index contributed by atoms with van der Waals surface area (Å²) in [6, 6.07) is 15.5. The van der Waals surface area contributed by atoms with Crippen molar-refractivity contribution in [3.05, 3.63) is 54.6 Å². The maximum Gasteiger partial charge on any atom is 0.238 e. The van der Waals surface area contributed by atoms with E-state index in [0.29, 0.717) is 16.8 Å². The highest BCUT2D eigenvalue weighted by Gasteiger charge is 2.18. The zero-order valence-corrected chi connectivity index (χ0v) is 12.2. The van der Waals surface area contributed by atoms with E-state index in [-0.39, 0.29) is 10.8 Å². The fraction of sp³-hybridized carbons (Fsp3) is 0. The highest BCUT2D eigenvalue weighted by molar-refractivity contribution is 7.89. The van der Waals surface area contributed by atoms with Gasteiger partial charge in [-0.1, -0.05) is 47.6 Å². The summed E-state index contributed by atoms with van der Waals surface area (Å²) in [5.41, 5.74) is 8.63. The van der Waals surface area contributed by atoms with E-state index in [1.807, 2.05) is 30.3 Å². The third kappa shape index (κ3) is 2.59. The van der Waals surface area contributed by atoms with Gasteiger partial charge >= 0.3 is 0 Å². The number of nitrogens with zero attached hydrogens (tertiary/aromatic N) is 1. The van der Waals surface area contributed by atoms with Crippen LogP contribution in [-0.4, -0.2) is 13.6 Å². The van der Waals surface area contributed by atoms with Crippen LogP contribution in [-0.2, 0) is 10.0 Å². The summed E-state index contributed by atoms with van der Waals surface area (Å²) >= 11 is 0. The summed E-state index contributed by atoms with van der Waals surface area (Å²) in [5, 5.41) is 9.08. The number of anilines is 1. The predicted octanol–water partition coefficient (Wildman–Crippen LogP) is 2.24. The molecule has 1 heterocycles. The molecule has 1 aromatic heterocycles. The summed E-state index contributed by atoms with van der Waals surface area (Å²) in [6.45, 7) is 0. The molecule has 0 saturated heterocycles. The number of benzene rings is 2. The summed E-state index contributed by atoms with van der Waals surface area (Å²) < 4.78 is 27.7. The van der Waals surface area contributed by atoms with Crippen LogP contribution in [0.2, 0.25) is 0 Å². The second kappa shape index (κ2) is 5.28. The Bertz CT molecular complexity index is 901. The topological polar surface area (TPSA) is 112 Å². The lowest BCUT2D eigenvalue weighted by atomic mass is 10.0. The lowest BCUT2D eigenvalue weighted by Crippen LogP contribution is -2.11. The third-order valence-corrected chi connectivity index (χ3v) is 4.17. The van der Waals surface area contributed by atoms with Crippen LogP contribution in [0.15, 0.2) is 64.0 Å². The molecular weight excluding hydrogens is 302 g/mol. The Morgan fingerprint density at radius 3 is 2.14 bits per heavy atom. The van der Waals surface area contributed by atoms with Gasteiger partial charge in [-0.3, -0.25) is 0 Å². The zero-order valence-electron chi connectivity index (χ0n) is 11.4. The van der Waals surface area contributed by atoms with Gasteiger partial charge in [-0.2, -0.15) is 0 Å². The molecule has 0 aliphatic heterocycles. The van der Waals surface area contributed by atoms with Crippen molar-refractivity contribution in [3.8, 4) is 22.4 Å². The molecule has 22 heavy (non-hydrogen) atoms. The summed E-state index contributed by atoms with van der Waals surface area (Å²) in [4.78, 5) is 0.0348. The van der Waals surface area contributed by atoms with Crippen molar-refractivity contribution in [1.82, 2.24) is 5.16 Å².